The molecule has 0 aliphatic rings. The molecule has 0 radical (unpaired) electrons. The Balaban J connectivity index is 1.97. The van der Waals surface area contributed by atoms with Crippen molar-refractivity contribution in [3.63, 3.8) is 0 Å². The topological polar surface area (TPSA) is 34.1 Å². The fourth-order valence-corrected chi connectivity index (χ4v) is 2.01. The van der Waals surface area contributed by atoms with E-state index in [1.807, 2.05) is 25.3 Å². The minimum Gasteiger partial charge on any atom is -0.439 e. The highest BCUT2D eigenvalue weighted by Gasteiger charge is 2.03. The first-order chi connectivity index (χ1) is 10.0. The lowest BCUT2D eigenvalue weighted by atomic mass is 10.1. The third-order valence-corrected chi connectivity index (χ3v) is 3.24. The van der Waals surface area contributed by atoms with Gasteiger partial charge in [0.2, 0.25) is 5.88 Å². The van der Waals surface area contributed by atoms with E-state index in [1.165, 1.54) is 11.1 Å². The van der Waals surface area contributed by atoms with Gasteiger partial charge >= 0.3 is 0 Å². The maximum Gasteiger partial charge on any atom is 0.219 e. The third kappa shape index (κ3) is 4.87. The summed E-state index contributed by atoms with van der Waals surface area (Å²) in [6, 6.07) is 10.2. The summed E-state index contributed by atoms with van der Waals surface area (Å²) in [7, 11) is 0. The Kier molecular flexibility index (Phi) is 5.34. The summed E-state index contributed by atoms with van der Waals surface area (Å²) >= 11 is 0. The van der Waals surface area contributed by atoms with Crippen LogP contribution in [0.4, 0.5) is 0 Å². The fraction of sp³-hybridized carbons (Fsp3) is 0.389. The second-order valence-corrected chi connectivity index (χ2v) is 5.90. The van der Waals surface area contributed by atoms with Crippen LogP contribution in [0.5, 0.6) is 11.6 Å². The summed E-state index contributed by atoms with van der Waals surface area (Å²) in [5.41, 5.74) is 3.47. The Morgan fingerprint density at radius 1 is 1.14 bits per heavy atom. The van der Waals surface area contributed by atoms with Gasteiger partial charge in [-0.25, -0.2) is 4.98 Å². The summed E-state index contributed by atoms with van der Waals surface area (Å²) in [6.07, 6.45) is 1.87. The number of nitrogens with one attached hydrogen (secondary N) is 1. The molecule has 112 valence electrons. The summed E-state index contributed by atoms with van der Waals surface area (Å²) in [6.45, 7) is 10.4. The van der Waals surface area contributed by atoms with E-state index < -0.39 is 0 Å². The van der Waals surface area contributed by atoms with Crippen LogP contribution in [-0.2, 0) is 6.54 Å². The molecule has 0 aliphatic heterocycles. The lowest BCUT2D eigenvalue weighted by molar-refractivity contribution is 0.458. The van der Waals surface area contributed by atoms with Crippen LogP contribution in [0, 0.1) is 19.8 Å². The van der Waals surface area contributed by atoms with E-state index in [1.54, 1.807) is 0 Å². The van der Waals surface area contributed by atoms with Gasteiger partial charge in [-0.05, 0) is 49.1 Å². The van der Waals surface area contributed by atoms with Crippen molar-refractivity contribution in [2.45, 2.75) is 34.2 Å². The number of aryl methyl sites for hydroxylation is 2. The van der Waals surface area contributed by atoms with Crippen molar-refractivity contribution >= 4 is 0 Å². The molecule has 0 unspecified atom stereocenters. The molecule has 21 heavy (non-hydrogen) atoms. The zero-order chi connectivity index (χ0) is 15.2. The number of nitrogens with zero attached hydrogens (tertiary/aromatic N) is 1. The van der Waals surface area contributed by atoms with E-state index in [0.29, 0.717) is 11.8 Å². The van der Waals surface area contributed by atoms with Crippen molar-refractivity contribution in [2.24, 2.45) is 5.92 Å². The van der Waals surface area contributed by atoms with Gasteiger partial charge < -0.3 is 10.1 Å². The summed E-state index contributed by atoms with van der Waals surface area (Å²) in [5, 5.41) is 3.41. The van der Waals surface area contributed by atoms with Crippen molar-refractivity contribution in [1.82, 2.24) is 10.3 Å². The molecule has 2 aromatic rings. The van der Waals surface area contributed by atoms with Gasteiger partial charge in [0.25, 0.3) is 0 Å². The molecule has 0 amide bonds. The van der Waals surface area contributed by atoms with E-state index >= 15 is 0 Å². The van der Waals surface area contributed by atoms with Crippen LogP contribution in [0.15, 0.2) is 36.5 Å². The zero-order valence-corrected chi connectivity index (χ0v) is 13.3. The van der Waals surface area contributed by atoms with Gasteiger partial charge in [-0.3, -0.25) is 0 Å². The van der Waals surface area contributed by atoms with Gasteiger partial charge in [-0.1, -0.05) is 32.0 Å². The van der Waals surface area contributed by atoms with E-state index in [2.05, 4.69) is 49.3 Å². The Labute approximate surface area is 127 Å². The predicted octanol–water partition coefficient (Wildman–Crippen LogP) is 4.24. The normalized spacial score (nSPS) is 10.9. The number of benzene rings is 1. The molecule has 3 nitrogen and oxygen atoms in total. The number of pyridine rings is 1. The molecule has 0 spiro atoms. The summed E-state index contributed by atoms with van der Waals surface area (Å²) in [4.78, 5) is 4.38. The van der Waals surface area contributed by atoms with Crippen LogP contribution < -0.4 is 10.1 Å². The van der Waals surface area contributed by atoms with E-state index in [4.69, 9.17) is 4.74 Å². The first kappa shape index (κ1) is 15.5. The van der Waals surface area contributed by atoms with Gasteiger partial charge in [0.15, 0.2) is 0 Å². The van der Waals surface area contributed by atoms with E-state index in [-0.39, 0.29) is 0 Å². The molecular weight excluding hydrogens is 260 g/mol. The fourth-order valence-electron chi connectivity index (χ4n) is 2.01. The highest BCUT2D eigenvalue weighted by Crippen LogP contribution is 2.24. The Hall–Kier alpha value is -1.87. The number of ether oxygens (including phenoxy) is 1. The molecule has 1 N–H and O–H groups in total. The lowest BCUT2D eigenvalue weighted by Crippen LogP contribution is -2.18. The average Bonchev–Trinajstić information content (AvgIpc) is 2.44. The molecule has 0 aliphatic carbocycles. The average molecular weight is 284 g/mol. The van der Waals surface area contributed by atoms with Crippen LogP contribution in [0.3, 0.4) is 0 Å². The highest BCUT2D eigenvalue weighted by molar-refractivity contribution is 5.38. The minimum atomic E-state index is 0.635. The standard InChI is InChI=1S/C18H24N2O/c1-13(2)10-19-11-16-7-8-18(20-12-16)21-17-9-14(3)5-6-15(17)4/h5-9,12-13,19H,10-11H2,1-4H3. The molecule has 0 saturated carbocycles. The number of hydrogen-bond acceptors (Lipinski definition) is 3. The number of rotatable bonds is 6. The van der Waals surface area contributed by atoms with Crippen molar-refractivity contribution in [2.75, 3.05) is 6.54 Å². The van der Waals surface area contributed by atoms with Gasteiger partial charge in [0.05, 0.1) is 0 Å². The van der Waals surface area contributed by atoms with Crippen molar-refractivity contribution in [3.05, 3.63) is 53.2 Å². The number of aromatic nitrogens is 1. The monoisotopic (exact) mass is 284 g/mol. The summed E-state index contributed by atoms with van der Waals surface area (Å²) < 4.78 is 5.86. The Morgan fingerprint density at radius 3 is 2.62 bits per heavy atom. The van der Waals surface area contributed by atoms with Gasteiger partial charge in [0.1, 0.15) is 5.75 Å². The third-order valence-electron chi connectivity index (χ3n) is 3.24. The molecule has 0 fully saturated rings. The van der Waals surface area contributed by atoms with Crippen LogP contribution in [0.25, 0.3) is 0 Å². The number of hydrogen-bond donors (Lipinski definition) is 1. The molecule has 0 atom stereocenters. The van der Waals surface area contributed by atoms with Crippen LogP contribution in [-0.4, -0.2) is 11.5 Å². The largest absolute Gasteiger partial charge is 0.439 e. The molecule has 0 bridgehead atoms. The second kappa shape index (κ2) is 7.23. The highest BCUT2D eigenvalue weighted by atomic mass is 16.5. The maximum absolute atomic E-state index is 5.86. The summed E-state index contributed by atoms with van der Waals surface area (Å²) in [5.74, 6) is 2.16. The quantitative estimate of drug-likeness (QED) is 0.861. The van der Waals surface area contributed by atoms with Gasteiger partial charge in [-0.2, -0.15) is 0 Å². The molecule has 2 rings (SSSR count). The molecule has 1 aromatic heterocycles. The lowest BCUT2D eigenvalue weighted by Gasteiger charge is -2.10. The molecule has 1 heterocycles. The maximum atomic E-state index is 5.86. The first-order valence-electron chi connectivity index (χ1n) is 7.45. The smallest absolute Gasteiger partial charge is 0.219 e. The zero-order valence-electron chi connectivity index (χ0n) is 13.3. The predicted molar refractivity (Wildman–Crippen MR) is 86.8 cm³/mol. The van der Waals surface area contributed by atoms with Crippen LogP contribution in [0.2, 0.25) is 0 Å². The molecule has 1 aromatic carbocycles. The first-order valence-corrected chi connectivity index (χ1v) is 7.45. The Bertz CT molecular complexity index is 576. The van der Waals surface area contributed by atoms with E-state index in [9.17, 15) is 0 Å². The second-order valence-electron chi connectivity index (χ2n) is 5.90. The van der Waals surface area contributed by atoms with Gasteiger partial charge in [-0.15, -0.1) is 0 Å². The Morgan fingerprint density at radius 2 is 1.95 bits per heavy atom. The van der Waals surface area contributed by atoms with Gasteiger partial charge in [0, 0.05) is 18.8 Å². The van der Waals surface area contributed by atoms with Crippen molar-refractivity contribution < 1.29 is 4.74 Å². The van der Waals surface area contributed by atoms with Crippen molar-refractivity contribution in [3.8, 4) is 11.6 Å². The molecule has 3 heteroatoms. The molecular formula is C18H24N2O. The van der Waals surface area contributed by atoms with E-state index in [0.717, 1.165) is 24.4 Å². The van der Waals surface area contributed by atoms with Crippen LogP contribution >= 0.6 is 0 Å². The van der Waals surface area contributed by atoms with Crippen molar-refractivity contribution in [1.29, 1.82) is 0 Å². The minimum absolute atomic E-state index is 0.635. The SMILES string of the molecule is Cc1ccc(C)c(Oc2ccc(CNCC(C)C)cn2)c1. The van der Waals surface area contributed by atoms with Crippen LogP contribution in [0.1, 0.15) is 30.5 Å². The molecule has 0 saturated heterocycles.